The Hall–Kier alpha value is -1.74. The van der Waals surface area contributed by atoms with Crippen LogP contribution in [0.5, 0.6) is 0 Å². The van der Waals surface area contributed by atoms with Crippen LogP contribution in [0.25, 0.3) is 4.96 Å². The van der Waals surface area contributed by atoms with E-state index in [2.05, 4.69) is 21.7 Å². The average molecular weight is 389 g/mol. The Bertz CT molecular complexity index is 923. The van der Waals surface area contributed by atoms with E-state index in [1.165, 1.54) is 10.4 Å². The summed E-state index contributed by atoms with van der Waals surface area (Å²) in [7, 11) is 0. The zero-order valence-corrected chi connectivity index (χ0v) is 15.9. The van der Waals surface area contributed by atoms with Crippen molar-refractivity contribution in [3.8, 4) is 0 Å². The highest BCUT2D eigenvalue weighted by molar-refractivity contribution is 7.15. The monoisotopic (exact) mass is 388 g/mol. The number of imidazole rings is 1. The number of carbonyl (C=O) groups is 1. The average Bonchev–Trinajstić information content (AvgIpc) is 3.35. The van der Waals surface area contributed by atoms with Crippen LogP contribution in [-0.4, -0.2) is 35.0 Å². The van der Waals surface area contributed by atoms with E-state index < -0.39 is 0 Å². The molecule has 2 aliphatic heterocycles. The van der Waals surface area contributed by atoms with Gasteiger partial charge in [0.05, 0.1) is 23.7 Å². The van der Waals surface area contributed by atoms with Gasteiger partial charge >= 0.3 is 0 Å². The van der Waals surface area contributed by atoms with Crippen LogP contribution in [0.2, 0.25) is 0 Å². The number of aromatic nitrogens is 2. The van der Waals surface area contributed by atoms with Crippen LogP contribution in [0.15, 0.2) is 23.8 Å². The number of thiazole rings is 1. The van der Waals surface area contributed by atoms with Gasteiger partial charge in [0.15, 0.2) is 4.96 Å². The molecule has 0 aliphatic carbocycles. The molecule has 0 aromatic carbocycles. The lowest BCUT2D eigenvalue weighted by molar-refractivity contribution is -0.0771. The van der Waals surface area contributed by atoms with Gasteiger partial charge in [-0.15, -0.1) is 22.7 Å². The van der Waals surface area contributed by atoms with Gasteiger partial charge in [-0.25, -0.2) is 4.98 Å². The second-order valence-corrected chi connectivity index (χ2v) is 8.74. The lowest BCUT2D eigenvalue weighted by Gasteiger charge is -2.40. The highest BCUT2D eigenvalue weighted by atomic mass is 32.1. The molecule has 2 aliphatic rings. The first-order chi connectivity index (χ1) is 12.7. The molecule has 0 saturated carbocycles. The Balaban J connectivity index is 1.33. The standard InChI is InChI=1S/C18H20N4O2S2/c23-16(20-10-13-11-22-6-8-25-17(22)21-13)14-9-12-1-7-24-18(15(12)26-14)2-4-19-5-3-18/h6,8-9,11,19H,1-5,7,10H2,(H,20,23). The molecule has 1 spiro atoms. The fourth-order valence-corrected chi connectivity index (χ4v) is 5.90. The SMILES string of the molecule is O=C(NCc1cn2ccsc2n1)c1cc2c(s1)C1(CCNCC1)OCC2. The maximum absolute atomic E-state index is 12.7. The van der Waals surface area contributed by atoms with Gasteiger partial charge in [0.2, 0.25) is 0 Å². The second-order valence-electron chi connectivity index (χ2n) is 6.82. The predicted octanol–water partition coefficient (Wildman–Crippen LogP) is 2.54. The number of nitrogens with zero attached hydrogens (tertiary/aromatic N) is 2. The van der Waals surface area contributed by atoms with Gasteiger partial charge in [-0.1, -0.05) is 0 Å². The molecular weight excluding hydrogens is 368 g/mol. The number of hydrogen-bond donors (Lipinski definition) is 2. The number of fused-ring (bicyclic) bond motifs is 3. The van der Waals surface area contributed by atoms with Gasteiger partial charge in [-0.3, -0.25) is 9.20 Å². The van der Waals surface area contributed by atoms with E-state index in [4.69, 9.17) is 4.74 Å². The third-order valence-electron chi connectivity index (χ3n) is 5.18. The van der Waals surface area contributed by atoms with Crippen LogP contribution >= 0.6 is 22.7 Å². The highest BCUT2D eigenvalue weighted by Gasteiger charge is 2.41. The minimum absolute atomic E-state index is 0.0233. The van der Waals surface area contributed by atoms with Crippen molar-refractivity contribution in [3.05, 3.63) is 44.9 Å². The first-order valence-electron chi connectivity index (χ1n) is 8.91. The van der Waals surface area contributed by atoms with Gasteiger partial charge in [0.25, 0.3) is 5.91 Å². The molecule has 26 heavy (non-hydrogen) atoms. The van der Waals surface area contributed by atoms with E-state index in [1.54, 1.807) is 22.7 Å². The molecule has 2 N–H and O–H groups in total. The Labute approximate surface area is 159 Å². The normalized spacial score (nSPS) is 18.9. The van der Waals surface area contributed by atoms with Gasteiger partial charge in [-0.05, 0) is 44.0 Å². The molecule has 6 nitrogen and oxygen atoms in total. The first kappa shape index (κ1) is 16.4. The van der Waals surface area contributed by atoms with E-state index in [-0.39, 0.29) is 11.5 Å². The summed E-state index contributed by atoms with van der Waals surface area (Å²) in [6.45, 7) is 3.13. The number of piperidine rings is 1. The fraction of sp³-hybridized carbons (Fsp3) is 0.444. The van der Waals surface area contributed by atoms with Gasteiger partial charge in [-0.2, -0.15) is 0 Å². The molecule has 0 radical (unpaired) electrons. The van der Waals surface area contributed by atoms with Crippen molar-refractivity contribution in [2.24, 2.45) is 0 Å². The van der Waals surface area contributed by atoms with E-state index in [0.717, 1.165) is 54.5 Å². The highest BCUT2D eigenvalue weighted by Crippen LogP contribution is 2.44. The minimum Gasteiger partial charge on any atom is -0.369 e. The summed E-state index contributed by atoms with van der Waals surface area (Å²) < 4.78 is 8.19. The van der Waals surface area contributed by atoms with Crippen molar-refractivity contribution >= 4 is 33.5 Å². The van der Waals surface area contributed by atoms with Crippen molar-refractivity contribution in [3.63, 3.8) is 0 Å². The number of thiophene rings is 1. The summed E-state index contributed by atoms with van der Waals surface area (Å²) in [5.41, 5.74) is 1.98. The van der Waals surface area contributed by atoms with Crippen LogP contribution in [0.1, 0.15) is 38.6 Å². The van der Waals surface area contributed by atoms with Crippen molar-refractivity contribution in [2.45, 2.75) is 31.4 Å². The molecule has 1 saturated heterocycles. The Kier molecular flexibility index (Phi) is 4.08. The van der Waals surface area contributed by atoms with Crippen molar-refractivity contribution < 1.29 is 9.53 Å². The summed E-state index contributed by atoms with van der Waals surface area (Å²) in [5, 5.41) is 8.41. The zero-order chi connectivity index (χ0) is 17.6. The van der Waals surface area contributed by atoms with E-state index in [9.17, 15) is 4.79 Å². The van der Waals surface area contributed by atoms with Crippen molar-refractivity contribution in [1.29, 1.82) is 0 Å². The predicted molar refractivity (Wildman–Crippen MR) is 102 cm³/mol. The molecule has 5 heterocycles. The molecule has 3 aromatic rings. The minimum atomic E-state index is -0.184. The summed E-state index contributed by atoms with van der Waals surface area (Å²) in [4.78, 5) is 20.2. The smallest absolute Gasteiger partial charge is 0.261 e. The third kappa shape index (κ3) is 2.77. The van der Waals surface area contributed by atoms with Crippen LogP contribution < -0.4 is 10.6 Å². The maximum Gasteiger partial charge on any atom is 0.261 e. The molecular formula is C18H20N4O2S2. The third-order valence-corrected chi connectivity index (χ3v) is 7.31. The lowest BCUT2D eigenvalue weighted by Crippen LogP contribution is -2.43. The Morgan fingerprint density at radius 1 is 1.42 bits per heavy atom. The summed E-state index contributed by atoms with van der Waals surface area (Å²) in [5.74, 6) is -0.0233. The first-order valence-corrected chi connectivity index (χ1v) is 10.6. The molecule has 8 heteroatoms. The topological polar surface area (TPSA) is 67.7 Å². The molecule has 0 atom stereocenters. The fourth-order valence-electron chi connectivity index (χ4n) is 3.86. The van der Waals surface area contributed by atoms with Gasteiger partial charge in [0.1, 0.15) is 5.60 Å². The number of carbonyl (C=O) groups excluding carboxylic acids is 1. The van der Waals surface area contributed by atoms with Crippen LogP contribution in [0, 0.1) is 0 Å². The molecule has 3 aromatic heterocycles. The molecule has 0 bridgehead atoms. The summed E-state index contributed by atoms with van der Waals surface area (Å²) >= 11 is 3.19. The number of ether oxygens (including phenoxy) is 1. The molecule has 1 amide bonds. The molecule has 1 fully saturated rings. The van der Waals surface area contributed by atoms with Crippen LogP contribution in [0.4, 0.5) is 0 Å². The largest absolute Gasteiger partial charge is 0.369 e. The molecule has 0 unspecified atom stereocenters. The van der Waals surface area contributed by atoms with Crippen LogP contribution in [0.3, 0.4) is 0 Å². The molecule has 5 rings (SSSR count). The number of rotatable bonds is 3. The Morgan fingerprint density at radius 3 is 3.15 bits per heavy atom. The van der Waals surface area contributed by atoms with E-state index >= 15 is 0 Å². The van der Waals surface area contributed by atoms with Gasteiger partial charge < -0.3 is 15.4 Å². The van der Waals surface area contributed by atoms with Crippen molar-refractivity contribution in [1.82, 2.24) is 20.0 Å². The maximum atomic E-state index is 12.7. The van der Waals surface area contributed by atoms with E-state index in [1.807, 2.05) is 22.2 Å². The second kappa shape index (κ2) is 6.45. The quantitative estimate of drug-likeness (QED) is 0.724. The molecule has 136 valence electrons. The van der Waals surface area contributed by atoms with Crippen LogP contribution in [-0.2, 0) is 23.3 Å². The van der Waals surface area contributed by atoms with E-state index in [0.29, 0.717) is 6.54 Å². The summed E-state index contributed by atoms with van der Waals surface area (Å²) in [6, 6.07) is 2.06. The summed E-state index contributed by atoms with van der Waals surface area (Å²) in [6.07, 6.45) is 6.79. The number of hydrogen-bond acceptors (Lipinski definition) is 6. The van der Waals surface area contributed by atoms with Crippen molar-refractivity contribution in [2.75, 3.05) is 19.7 Å². The lowest BCUT2D eigenvalue weighted by atomic mass is 9.86. The number of amides is 1. The zero-order valence-electron chi connectivity index (χ0n) is 14.3. The van der Waals surface area contributed by atoms with Gasteiger partial charge in [0, 0.05) is 22.7 Å². The number of nitrogens with one attached hydrogen (secondary N) is 2. The Morgan fingerprint density at radius 2 is 2.31 bits per heavy atom.